The quantitative estimate of drug-likeness (QED) is 0.653. The number of amides is 1. The Morgan fingerprint density at radius 1 is 1.09 bits per heavy atom. The summed E-state index contributed by atoms with van der Waals surface area (Å²) in [5.41, 5.74) is 3.91. The number of sulfone groups is 1. The number of nitrogens with zero attached hydrogens (tertiary/aromatic N) is 3. The van der Waals surface area contributed by atoms with E-state index in [1.165, 1.54) is 23.4 Å². The van der Waals surface area contributed by atoms with Gasteiger partial charge in [0.05, 0.1) is 16.2 Å². The first kappa shape index (κ1) is 21.7. The van der Waals surface area contributed by atoms with Crippen LogP contribution < -0.4 is 9.80 Å². The Morgan fingerprint density at radius 3 is 2.52 bits per heavy atom. The van der Waals surface area contributed by atoms with Gasteiger partial charge in [0.1, 0.15) is 5.84 Å². The normalized spacial score (nSPS) is 21.4. The highest BCUT2D eigenvalue weighted by Gasteiger charge is 2.40. The number of anilines is 2. The predicted molar refractivity (Wildman–Crippen MR) is 132 cm³/mol. The third kappa shape index (κ3) is 3.26. The van der Waals surface area contributed by atoms with E-state index in [0.717, 1.165) is 17.6 Å². The molecule has 2 aromatic carbocycles. The summed E-state index contributed by atoms with van der Waals surface area (Å²) < 4.78 is 23.8. The van der Waals surface area contributed by atoms with Crippen molar-refractivity contribution in [1.29, 1.82) is 5.41 Å². The van der Waals surface area contributed by atoms with Crippen LogP contribution >= 0.6 is 11.8 Å². The van der Waals surface area contributed by atoms with Gasteiger partial charge >= 0.3 is 0 Å². The minimum Gasteiger partial charge on any atom is -0.347 e. The van der Waals surface area contributed by atoms with Gasteiger partial charge in [-0.15, -0.1) is 0 Å². The lowest BCUT2D eigenvalue weighted by Crippen LogP contribution is -2.39. The van der Waals surface area contributed by atoms with Gasteiger partial charge in [-0.25, -0.2) is 8.42 Å². The van der Waals surface area contributed by atoms with Crippen molar-refractivity contribution in [3.8, 4) is 0 Å². The maximum absolute atomic E-state index is 12.8. The number of para-hydroxylation sites is 1. The van der Waals surface area contributed by atoms with Crippen LogP contribution in [-0.2, 0) is 20.0 Å². The van der Waals surface area contributed by atoms with E-state index < -0.39 is 15.7 Å². The van der Waals surface area contributed by atoms with Crippen LogP contribution in [-0.4, -0.2) is 38.6 Å². The molecular formula is C24H22N4O3S2. The highest BCUT2D eigenvalue weighted by atomic mass is 32.2. The van der Waals surface area contributed by atoms with Crippen molar-refractivity contribution >= 4 is 49.9 Å². The summed E-state index contributed by atoms with van der Waals surface area (Å²) >= 11 is 1.19. The lowest BCUT2D eigenvalue weighted by molar-refractivity contribution is -0.113. The summed E-state index contributed by atoms with van der Waals surface area (Å²) in [6, 6.07) is 12.9. The average Bonchev–Trinajstić information content (AvgIpc) is 3.20. The van der Waals surface area contributed by atoms with Crippen LogP contribution in [0.25, 0.3) is 0 Å². The Bertz CT molecular complexity index is 1450. The zero-order valence-corrected chi connectivity index (χ0v) is 20.2. The molecule has 0 bridgehead atoms. The summed E-state index contributed by atoms with van der Waals surface area (Å²) in [7, 11) is -1.37. The summed E-state index contributed by atoms with van der Waals surface area (Å²) in [5.74, 6) is -0.459. The molecule has 33 heavy (non-hydrogen) atoms. The van der Waals surface area contributed by atoms with E-state index >= 15 is 0 Å². The molecule has 0 saturated carbocycles. The SMILES string of the molecule is CN1C(=CC=C2C(=N)N3C(=NC2=O)Sc2cc(S(C)(=O)=O)ccc23)C(C)(C)c2ccccc21. The lowest BCUT2D eigenvalue weighted by atomic mass is 9.83. The van der Waals surface area contributed by atoms with E-state index in [1.54, 1.807) is 23.1 Å². The number of benzene rings is 2. The van der Waals surface area contributed by atoms with Crippen LogP contribution in [0.3, 0.4) is 0 Å². The molecule has 168 valence electrons. The maximum atomic E-state index is 12.8. The Morgan fingerprint density at radius 2 is 1.82 bits per heavy atom. The van der Waals surface area contributed by atoms with Gasteiger partial charge in [0.25, 0.3) is 5.91 Å². The van der Waals surface area contributed by atoms with Gasteiger partial charge in [0.15, 0.2) is 15.0 Å². The molecule has 0 aromatic heterocycles. The summed E-state index contributed by atoms with van der Waals surface area (Å²) in [6.07, 6.45) is 4.70. The topological polar surface area (TPSA) is 93.9 Å². The first-order valence-electron chi connectivity index (χ1n) is 10.3. The summed E-state index contributed by atoms with van der Waals surface area (Å²) in [4.78, 5) is 21.5. The van der Waals surface area contributed by atoms with Gasteiger partial charge in [-0.3, -0.25) is 15.1 Å². The number of nitrogens with one attached hydrogen (secondary N) is 1. The highest BCUT2D eigenvalue weighted by Crippen LogP contribution is 2.47. The zero-order valence-electron chi connectivity index (χ0n) is 18.6. The molecule has 0 unspecified atom stereocenters. The van der Waals surface area contributed by atoms with Gasteiger partial charge in [-0.05, 0) is 53.7 Å². The molecule has 0 atom stereocenters. The Hall–Kier alpha value is -3.17. The van der Waals surface area contributed by atoms with Gasteiger partial charge in [-0.1, -0.05) is 32.0 Å². The molecule has 9 heteroatoms. The van der Waals surface area contributed by atoms with Crippen molar-refractivity contribution in [3.05, 3.63) is 71.5 Å². The van der Waals surface area contributed by atoms with Crippen LogP contribution in [0.4, 0.5) is 11.4 Å². The van der Waals surface area contributed by atoms with Crippen LogP contribution in [0.5, 0.6) is 0 Å². The molecular weight excluding hydrogens is 456 g/mol. The molecule has 5 rings (SSSR count). The molecule has 7 nitrogen and oxygen atoms in total. The molecule has 0 fully saturated rings. The van der Waals surface area contributed by atoms with Gasteiger partial charge in [-0.2, -0.15) is 4.99 Å². The van der Waals surface area contributed by atoms with E-state index in [-0.39, 0.29) is 21.7 Å². The Balaban J connectivity index is 1.54. The fourth-order valence-electron chi connectivity index (χ4n) is 4.51. The second kappa shape index (κ2) is 7.16. The summed E-state index contributed by atoms with van der Waals surface area (Å²) in [5, 5.41) is 9.11. The number of carbonyl (C=O) groups is 1. The van der Waals surface area contributed by atoms with Crippen LogP contribution in [0.2, 0.25) is 0 Å². The van der Waals surface area contributed by atoms with Crippen LogP contribution in [0, 0.1) is 5.41 Å². The molecule has 0 aliphatic carbocycles. The van der Waals surface area contributed by atoms with Crippen LogP contribution in [0.1, 0.15) is 19.4 Å². The third-order valence-electron chi connectivity index (χ3n) is 6.25. The van der Waals surface area contributed by atoms with E-state index in [2.05, 4.69) is 35.9 Å². The minimum absolute atomic E-state index is 0.0242. The molecule has 3 aliphatic rings. The molecule has 1 amide bonds. The number of rotatable bonds is 2. The first-order chi connectivity index (χ1) is 15.5. The van der Waals surface area contributed by atoms with E-state index in [9.17, 15) is 13.2 Å². The van der Waals surface area contributed by atoms with Gasteiger partial charge < -0.3 is 4.90 Å². The lowest BCUT2D eigenvalue weighted by Gasteiger charge is -2.25. The van der Waals surface area contributed by atoms with Crippen molar-refractivity contribution in [2.24, 2.45) is 4.99 Å². The van der Waals surface area contributed by atoms with Crippen LogP contribution in [0.15, 0.2) is 80.7 Å². The average molecular weight is 479 g/mol. The van der Waals surface area contributed by atoms with E-state index in [4.69, 9.17) is 5.41 Å². The van der Waals surface area contributed by atoms with Crippen molar-refractivity contribution in [2.45, 2.75) is 29.1 Å². The fourth-order valence-corrected chi connectivity index (χ4v) is 6.29. The number of aliphatic imine (C=N–C) groups is 1. The number of fused-ring (bicyclic) bond motifs is 4. The largest absolute Gasteiger partial charge is 0.347 e. The second-order valence-electron chi connectivity index (χ2n) is 8.72. The minimum atomic E-state index is -3.37. The maximum Gasteiger partial charge on any atom is 0.283 e. The standard InChI is InChI=1S/C24H22N4O3S2/c1-24(2)16-7-5-6-8-17(16)27(3)20(24)12-10-15-21(25)28-18-11-9-14(33(4,30)31)13-19(18)32-23(28)26-22(15)29/h5-13,25H,1-4H3. The Labute approximate surface area is 196 Å². The smallest absolute Gasteiger partial charge is 0.283 e. The second-order valence-corrected chi connectivity index (χ2v) is 11.7. The van der Waals surface area contributed by atoms with Crippen molar-refractivity contribution in [2.75, 3.05) is 23.1 Å². The van der Waals surface area contributed by atoms with Crippen molar-refractivity contribution in [1.82, 2.24) is 0 Å². The monoisotopic (exact) mass is 478 g/mol. The molecule has 3 aliphatic heterocycles. The van der Waals surface area contributed by atoms with Crippen molar-refractivity contribution < 1.29 is 13.2 Å². The van der Waals surface area contributed by atoms with Crippen molar-refractivity contribution in [3.63, 3.8) is 0 Å². The molecule has 1 N–H and O–H groups in total. The molecule has 2 aromatic rings. The molecule has 0 saturated heterocycles. The third-order valence-corrected chi connectivity index (χ3v) is 8.36. The van der Waals surface area contributed by atoms with Gasteiger partial charge in [0, 0.05) is 35.0 Å². The number of thioether (sulfide) groups is 1. The number of hydrogen-bond donors (Lipinski definition) is 1. The number of amidine groups is 2. The molecule has 0 spiro atoms. The fraction of sp³-hybridized carbons (Fsp3) is 0.208. The highest BCUT2D eigenvalue weighted by molar-refractivity contribution is 8.15. The predicted octanol–water partition coefficient (Wildman–Crippen LogP) is 4.11. The molecule has 0 radical (unpaired) electrons. The number of likely N-dealkylation sites (N-methyl/N-ethyl adjacent to an activating group) is 1. The van der Waals surface area contributed by atoms with E-state index in [0.29, 0.717) is 15.8 Å². The van der Waals surface area contributed by atoms with Gasteiger partial charge in [0.2, 0.25) is 0 Å². The number of hydrogen-bond acceptors (Lipinski definition) is 6. The number of carbonyl (C=O) groups excluding carboxylic acids is 1. The summed E-state index contributed by atoms with van der Waals surface area (Å²) in [6.45, 7) is 4.27. The van der Waals surface area contributed by atoms with E-state index in [1.807, 2.05) is 25.3 Å². The molecule has 3 heterocycles. The zero-order chi connectivity index (χ0) is 23.7. The first-order valence-corrected chi connectivity index (χ1v) is 13.0. The number of allylic oxidation sites excluding steroid dienone is 3. The Kier molecular flexibility index (Phi) is 4.70.